The van der Waals surface area contributed by atoms with Crippen molar-refractivity contribution < 1.29 is 22.6 Å². The summed E-state index contributed by atoms with van der Waals surface area (Å²) in [5.41, 5.74) is 1.04. The molecule has 1 aromatic carbocycles. The van der Waals surface area contributed by atoms with Gasteiger partial charge in [0.1, 0.15) is 0 Å². The number of rotatable bonds is 11. The lowest BCUT2D eigenvalue weighted by Gasteiger charge is -2.07. The van der Waals surface area contributed by atoms with Crippen molar-refractivity contribution in [2.24, 2.45) is 0 Å². The van der Waals surface area contributed by atoms with E-state index in [0.29, 0.717) is 37.9 Å². The quantitative estimate of drug-likeness (QED) is 0.583. The van der Waals surface area contributed by atoms with Crippen LogP contribution in [0.25, 0.3) is 0 Å². The molecule has 0 aromatic heterocycles. The number of hydrogen-bond acceptors (Lipinski definition) is 5. The number of sulfone groups is 1. The van der Waals surface area contributed by atoms with Crippen LogP contribution in [-0.2, 0) is 24.0 Å². The Hall–Kier alpha value is -0.950. The fraction of sp³-hybridized carbons (Fsp3) is 0.600. The lowest BCUT2D eigenvalue weighted by Crippen LogP contribution is -2.15. The van der Waals surface area contributed by atoms with Gasteiger partial charge in [0, 0.05) is 6.61 Å². The standard InChI is InChI=1S/C15H24O5S/c1-3-18-8-9-19-10-11-20-12-13-21(16,17)15-6-4-14(2)5-7-15/h4-7H,3,8-13H2,1-2H3. The van der Waals surface area contributed by atoms with Gasteiger partial charge in [0.2, 0.25) is 0 Å². The molecule has 6 heteroatoms. The highest BCUT2D eigenvalue weighted by Gasteiger charge is 2.13. The minimum absolute atomic E-state index is 0.0188. The second kappa shape index (κ2) is 9.89. The molecule has 0 amide bonds. The number of benzene rings is 1. The summed E-state index contributed by atoms with van der Waals surface area (Å²) >= 11 is 0. The van der Waals surface area contributed by atoms with Crippen LogP contribution in [0.2, 0.25) is 0 Å². The lowest BCUT2D eigenvalue weighted by atomic mass is 10.2. The van der Waals surface area contributed by atoms with Gasteiger partial charge in [-0.15, -0.1) is 0 Å². The van der Waals surface area contributed by atoms with E-state index >= 15 is 0 Å². The van der Waals surface area contributed by atoms with Crippen LogP contribution in [0.15, 0.2) is 29.2 Å². The number of aryl methyl sites for hydroxylation is 1. The predicted molar refractivity (Wildman–Crippen MR) is 81.4 cm³/mol. The molecule has 0 saturated heterocycles. The topological polar surface area (TPSA) is 61.8 Å². The Kier molecular flexibility index (Phi) is 8.52. The van der Waals surface area contributed by atoms with Crippen molar-refractivity contribution in [2.45, 2.75) is 18.7 Å². The number of hydrogen-bond donors (Lipinski definition) is 0. The minimum Gasteiger partial charge on any atom is -0.379 e. The average Bonchev–Trinajstić information content (AvgIpc) is 2.46. The summed E-state index contributed by atoms with van der Waals surface area (Å²) in [6.45, 7) is 6.62. The largest absolute Gasteiger partial charge is 0.379 e. The van der Waals surface area contributed by atoms with Gasteiger partial charge in [-0.3, -0.25) is 0 Å². The first kappa shape index (κ1) is 18.1. The maximum Gasteiger partial charge on any atom is 0.180 e. The van der Waals surface area contributed by atoms with Crippen LogP contribution in [0, 0.1) is 6.92 Å². The minimum atomic E-state index is -3.27. The fourth-order valence-corrected chi connectivity index (χ4v) is 2.74. The van der Waals surface area contributed by atoms with Crippen molar-refractivity contribution >= 4 is 9.84 Å². The van der Waals surface area contributed by atoms with Gasteiger partial charge < -0.3 is 14.2 Å². The first-order valence-corrected chi connectivity index (χ1v) is 8.74. The zero-order valence-corrected chi connectivity index (χ0v) is 13.5. The summed E-state index contributed by atoms with van der Waals surface area (Å²) in [6, 6.07) is 6.84. The van der Waals surface area contributed by atoms with Gasteiger partial charge >= 0.3 is 0 Å². The van der Waals surface area contributed by atoms with E-state index in [-0.39, 0.29) is 12.4 Å². The van der Waals surface area contributed by atoms with E-state index in [4.69, 9.17) is 14.2 Å². The van der Waals surface area contributed by atoms with Gasteiger partial charge in [-0.1, -0.05) is 17.7 Å². The lowest BCUT2D eigenvalue weighted by molar-refractivity contribution is 0.0198. The van der Waals surface area contributed by atoms with Crippen LogP contribution in [0.5, 0.6) is 0 Å². The van der Waals surface area contributed by atoms with E-state index in [1.165, 1.54) is 0 Å². The van der Waals surface area contributed by atoms with Crippen molar-refractivity contribution in [3.63, 3.8) is 0 Å². The molecule has 0 heterocycles. The van der Waals surface area contributed by atoms with Crippen molar-refractivity contribution in [3.8, 4) is 0 Å². The van der Waals surface area contributed by atoms with Gasteiger partial charge in [-0.2, -0.15) is 0 Å². The molecule has 1 rings (SSSR count). The molecule has 0 N–H and O–H groups in total. The maximum atomic E-state index is 12.0. The van der Waals surface area contributed by atoms with Crippen LogP contribution in [0.4, 0.5) is 0 Å². The summed E-state index contributed by atoms with van der Waals surface area (Å²) in [4.78, 5) is 0.338. The van der Waals surface area contributed by atoms with Gasteiger partial charge in [-0.05, 0) is 26.0 Å². The highest BCUT2D eigenvalue weighted by Crippen LogP contribution is 2.11. The summed E-state index contributed by atoms with van der Waals surface area (Å²) < 4.78 is 39.7. The molecule has 120 valence electrons. The normalized spacial score (nSPS) is 11.7. The van der Waals surface area contributed by atoms with Gasteiger partial charge in [-0.25, -0.2) is 8.42 Å². The first-order chi connectivity index (χ1) is 10.1. The van der Waals surface area contributed by atoms with Gasteiger partial charge in [0.15, 0.2) is 9.84 Å². The molecule has 0 radical (unpaired) electrons. The molecule has 0 aliphatic heterocycles. The Morgan fingerprint density at radius 3 is 1.95 bits per heavy atom. The van der Waals surface area contributed by atoms with Crippen molar-refractivity contribution in [1.29, 1.82) is 0 Å². The number of ether oxygens (including phenoxy) is 3. The molecule has 0 unspecified atom stereocenters. The van der Waals surface area contributed by atoms with E-state index in [9.17, 15) is 8.42 Å². The van der Waals surface area contributed by atoms with Gasteiger partial charge in [0.05, 0.1) is 43.7 Å². The van der Waals surface area contributed by atoms with Crippen molar-refractivity contribution in [3.05, 3.63) is 29.8 Å². The van der Waals surface area contributed by atoms with E-state index in [2.05, 4.69) is 0 Å². The average molecular weight is 316 g/mol. The third-order valence-corrected chi connectivity index (χ3v) is 4.52. The monoisotopic (exact) mass is 316 g/mol. The third kappa shape index (κ3) is 7.57. The Labute approximate surface area is 127 Å². The molecule has 21 heavy (non-hydrogen) atoms. The zero-order valence-electron chi connectivity index (χ0n) is 12.7. The molecule has 1 aromatic rings. The van der Waals surface area contributed by atoms with Crippen LogP contribution >= 0.6 is 0 Å². The predicted octanol–water partition coefficient (Wildman–Crippen LogP) is 1.84. The summed E-state index contributed by atoms with van der Waals surface area (Å²) in [5, 5.41) is 0. The van der Waals surface area contributed by atoms with E-state index in [1.54, 1.807) is 24.3 Å². The van der Waals surface area contributed by atoms with Crippen LogP contribution < -0.4 is 0 Å². The molecule has 5 nitrogen and oxygen atoms in total. The third-order valence-electron chi connectivity index (χ3n) is 2.82. The van der Waals surface area contributed by atoms with E-state index in [0.717, 1.165) is 5.56 Å². The Morgan fingerprint density at radius 2 is 1.38 bits per heavy atom. The molecule has 0 atom stereocenters. The Bertz CT molecular complexity index is 481. The zero-order chi connectivity index (χ0) is 15.6. The molecule has 0 aliphatic carbocycles. The van der Waals surface area contributed by atoms with Crippen LogP contribution in [0.3, 0.4) is 0 Å². The maximum absolute atomic E-state index is 12.0. The highest BCUT2D eigenvalue weighted by molar-refractivity contribution is 7.91. The molecule has 0 saturated carbocycles. The van der Waals surface area contributed by atoms with Gasteiger partial charge in [0.25, 0.3) is 0 Å². The summed E-state index contributed by atoms with van der Waals surface area (Å²) in [6.07, 6.45) is 0. The fourth-order valence-electron chi connectivity index (χ4n) is 1.62. The van der Waals surface area contributed by atoms with E-state index in [1.807, 2.05) is 13.8 Å². The SMILES string of the molecule is CCOCCOCCOCCS(=O)(=O)c1ccc(C)cc1. The second-order valence-electron chi connectivity index (χ2n) is 4.55. The van der Waals surface area contributed by atoms with Crippen molar-refractivity contribution in [2.75, 3.05) is 45.4 Å². The van der Waals surface area contributed by atoms with Crippen molar-refractivity contribution in [1.82, 2.24) is 0 Å². The van der Waals surface area contributed by atoms with Crippen LogP contribution in [-0.4, -0.2) is 53.8 Å². The first-order valence-electron chi connectivity index (χ1n) is 7.09. The van der Waals surface area contributed by atoms with E-state index < -0.39 is 9.84 Å². The summed E-state index contributed by atoms with van der Waals surface area (Å²) in [7, 11) is -3.27. The molecule has 0 bridgehead atoms. The van der Waals surface area contributed by atoms with Crippen LogP contribution in [0.1, 0.15) is 12.5 Å². The Morgan fingerprint density at radius 1 is 0.857 bits per heavy atom. The molecular weight excluding hydrogens is 292 g/mol. The summed E-state index contributed by atoms with van der Waals surface area (Å²) in [5.74, 6) is -0.0188. The molecule has 0 fully saturated rings. The second-order valence-corrected chi connectivity index (χ2v) is 6.66. The molecular formula is C15H24O5S. The molecule has 0 spiro atoms. The highest BCUT2D eigenvalue weighted by atomic mass is 32.2. The molecule has 0 aliphatic rings. The smallest absolute Gasteiger partial charge is 0.180 e. The Balaban J connectivity index is 2.15.